The molecule has 2 aromatic rings. The minimum atomic E-state index is -0.303. The van der Waals surface area contributed by atoms with Crippen molar-refractivity contribution in [2.24, 2.45) is 4.99 Å². The predicted octanol–water partition coefficient (Wildman–Crippen LogP) is 1.24. The number of hydrogen-bond donors (Lipinski definition) is 3. The maximum absolute atomic E-state index is 13.1. The van der Waals surface area contributed by atoms with Crippen LogP contribution in [0.15, 0.2) is 35.6 Å². The number of nitrogens with one attached hydrogen (secondary N) is 3. The van der Waals surface area contributed by atoms with Gasteiger partial charge < -0.3 is 20.4 Å². The molecule has 0 saturated carbocycles. The summed E-state index contributed by atoms with van der Waals surface area (Å²) >= 11 is 0. The summed E-state index contributed by atoms with van der Waals surface area (Å²) < 4.78 is 1.68. The van der Waals surface area contributed by atoms with Gasteiger partial charge in [0.05, 0.1) is 12.6 Å². The lowest BCUT2D eigenvalue weighted by Crippen LogP contribution is -2.47. The van der Waals surface area contributed by atoms with Gasteiger partial charge in [-0.1, -0.05) is 6.07 Å². The second-order valence-corrected chi connectivity index (χ2v) is 7.66. The van der Waals surface area contributed by atoms with E-state index in [1.807, 2.05) is 42.1 Å². The number of nitrogens with zero attached hydrogens (tertiary/aromatic N) is 6. The van der Waals surface area contributed by atoms with Crippen LogP contribution < -0.4 is 15.5 Å². The monoisotopic (exact) mass is 421 g/mol. The fraction of sp³-hybridized carbons (Fsp3) is 0.381. The van der Waals surface area contributed by atoms with Gasteiger partial charge in [0.25, 0.3) is 5.91 Å². The molecule has 31 heavy (non-hydrogen) atoms. The lowest BCUT2D eigenvalue weighted by molar-refractivity contribution is 0.0977. The number of pyridine rings is 1. The van der Waals surface area contributed by atoms with E-state index in [1.54, 1.807) is 23.1 Å². The highest BCUT2D eigenvalue weighted by molar-refractivity contribution is 6.13. The third-order valence-electron chi connectivity index (χ3n) is 5.24. The van der Waals surface area contributed by atoms with Crippen LogP contribution in [0, 0.1) is 12.3 Å². The summed E-state index contributed by atoms with van der Waals surface area (Å²) in [5, 5.41) is 19.0. The Morgan fingerprint density at radius 1 is 1.29 bits per heavy atom. The molecule has 0 atom stereocenters. The van der Waals surface area contributed by atoms with Crippen LogP contribution in [-0.2, 0) is 0 Å². The average Bonchev–Trinajstić information content (AvgIpc) is 3.22. The van der Waals surface area contributed by atoms with Gasteiger partial charge in [-0.05, 0) is 24.6 Å². The average molecular weight is 422 g/mol. The van der Waals surface area contributed by atoms with E-state index >= 15 is 0 Å². The predicted molar refractivity (Wildman–Crippen MR) is 121 cm³/mol. The van der Waals surface area contributed by atoms with Gasteiger partial charge in [-0.15, -0.1) is 0 Å². The van der Waals surface area contributed by atoms with Gasteiger partial charge in [-0.25, -0.2) is 14.7 Å². The van der Waals surface area contributed by atoms with Crippen molar-refractivity contribution >= 4 is 35.4 Å². The molecule has 1 amide bonds. The number of amides is 1. The van der Waals surface area contributed by atoms with Crippen LogP contribution in [0.25, 0.3) is 6.20 Å². The third kappa shape index (κ3) is 4.80. The first-order valence-corrected chi connectivity index (χ1v) is 10.3. The largest absolute Gasteiger partial charge is 0.358 e. The lowest BCUT2D eigenvalue weighted by Gasteiger charge is -2.29. The van der Waals surface area contributed by atoms with Crippen molar-refractivity contribution in [3.63, 3.8) is 0 Å². The molecule has 2 aliphatic rings. The molecule has 0 bridgehead atoms. The fourth-order valence-electron chi connectivity index (χ4n) is 3.58. The van der Waals surface area contributed by atoms with E-state index < -0.39 is 0 Å². The minimum Gasteiger partial charge on any atom is -0.358 e. The highest BCUT2D eigenvalue weighted by atomic mass is 16.1. The van der Waals surface area contributed by atoms with Gasteiger partial charge in [-0.2, -0.15) is 5.10 Å². The Bertz CT molecular complexity index is 1020. The fourth-order valence-corrected chi connectivity index (χ4v) is 3.58. The zero-order valence-electron chi connectivity index (χ0n) is 17.8. The second-order valence-electron chi connectivity index (χ2n) is 7.66. The van der Waals surface area contributed by atoms with Gasteiger partial charge in [0.2, 0.25) is 0 Å². The Labute approximate surface area is 181 Å². The van der Waals surface area contributed by atoms with Gasteiger partial charge in [0.1, 0.15) is 23.1 Å². The number of piperazine rings is 1. The number of amidine groups is 2. The van der Waals surface area contributed by atoms with E-state index in [0.29, 0.717) is 29.6 Å². The molecule has 10 heteroatoms. The number of aromatic nitrogens is 3. The number of carbonyl (C=O) groups excluding carboxylic acids is 1. The van der Waals surface area contributed by atoms with E-state index in [4.69, 9.17) is 5.41 Å². The normalized spacial score (nSPS) is 16.3. The standard InChI is InChI=1S/C21H27N9O/c1-15-4-5-18(24-13-15)26-19(12-17(22)29-10-6-23-7-11-29)27-20(31)16-14-25-30-9-3-8-28(2)21(16)30/h3-5,9,13-14,22-23H,6-8,10-12H2,1-2H3,(H,24,26,27,31). The van der Waals surface area contributed by atoms with Crippen molar-refractivity contribution in [2.45, 2.75) is 13.3 Å². The highest BCUT2D eigenvalue weighted by Crippen LogP contribution is 2.22. The van der Waals surface area contributed by atoms with Gasteiger partial charge in [-0.3, -0.25) is 10.2 Å². The Morgan fingerprint density at radius 2 is 2.10 bits per heavy atom. The zero-order chi connectivity index (χ0) is 21.8. The Balaban J connectivity index is 1.57. The molecule has 1 fully saturated rings. The Hall–Kier alpha value is -3.53. The van der Waals surface area contributed by atoms with Crippen molar-refractivity contribution in [3.05, 3.63) is 41.7 Å². The van der Waals surface area contributed by atoms with E-state index in [2.05, 4.69) is 25.7 Å². The SMILES string of the molecule is Cc1ccc(N=C(CC(=N)N2CCNCC2)NC(=O)c2cnn3c2N(C)CC=C3)nc1. The smallest absolute Gasteiger partial charge is 0.261 e. The number of aryl methyl sites for hydroxylation is 1. The molecule has 4 rings (SSSR count). The third-order valence-corrected chi connectivity index (χ3v) is 5.24. The molecule has 162 valence electrons. The summed E-state index contributed by atoms with van der Waals surface area (Å²) in [6.45, 7) is 5.85. The first-order valence-electron chi connectivity index (χ1n) is 10.3. The molecule has 0 aromatic carbocycles. The van der Waals surface area contributed by atoms with E-state index in [1.165, 1.54) is 0 Å². The van der Waals surface area contributed by atoms with Crippen LogP contribution in [0.5, 0.6) is 0 Å². The number of carbonyl (C=O) groups is 1. The second kappa shape index (κ2) is 9.09. The number of hydrogen-bond acceptors (Lipinski definition) is 7. The molecule has 1 saturated heterocycles. The summed E-state index contributed by atoms with van der Waals surface area (Å²) in [5.41, 5.74) is 1.49. The van der Waals surface area contributed by atoms with Crippen molar-refractivity contribution in [2.75, 3.05) is 44.7 Å². The van der Waals surface area contributed by atoms with Crippen molar-refractivity contribution < 1.29 is 4.79 Å². The van der Waals surface area contributed by atoms with Crippen LogP contribution in [-0.4, -0.2) is 77.0 Å². The molecule has 2 aliphatic heterocycles. The molecule has 2 aromatic heterocycles. The maximum atomic E-state index is 13.1. The first-order chi connectivity index (χ1) is 15.0. The number of anilines is 1. The van der Waals surface area contributed by atoms with Gasteiger partial charge in [0, 0.05) is 52.2 Å². The molecule has 0 radical (unpaired) electrons. The molecular formula is C21H27N9O. The summed E-state index contributed by atoms with van der Waals surface area (Å²) in [6.07, 6.45) is 7.32. The highest BCUT2D eigenvalue weighted by Gasteiger charge is 2.23. The van der Waals surface area contributed by atoms with Gasteiger partial charge >= 0.3 is 0 Å². The summed E-state index contributed by atoms with van der Waals surface area (Å²) in [6, 6.07) is 3.72. The van der Waals surface area contributed by atoms with Crippen LogP contribution in [0.4, 0.5) is 11.6 Å². The van der Waals surface area contributed by atoms with Crippen LogP contribution in [0.1, 0.15) is 22.3 Å². The lowest BCUT2D eigenvalue weighted by atomic mass is 10.2. The van der Waals surface area contributed by atoms with Crippen LogP contribution in [0.3, 0.4) is 0 Å². The first kappa shape index (κ1) is 20.7. The number of likely N-dealkylation sites (N-methyl/N-ethyl adjacent to an activating group) is 1. The van der Waals surface area contributed by atoms with E-state index in [-0.39, 0.29) is 12.3 Å². The van der Waals surface area contributed by atoms with Crippen molar-refractivity contribution in [1.82, 2.24) is 30.3 Å². The van der Waals surface area contributed by atoms with E-state index in [9.17, 15) is 4.79 Å². The molecule has 3 N–H and O–H groups in total. The summed E-state index contributed by atoms with van der Waals surface area (Å²) in [5.74, 6) is 1.72. The van der Waals surface area contributed by atoms with Crippen LogP contribution >= 0.6 is 0 Å². The maximum Gasteiger partial charge on any atom is 0.261 e. The number of aliphatic imine (C=N–C) groups is 1. The topological polar surface area (TPSA) is 115 Å². The van der Waals surface area contributed by atoms with Crippen LogP contribution in [0.2, 0.25) is 0 Å². The van der Waals surface area contributed by atoms with Crippen molar-refractivity contribution in [1.29, 1.82) is 5.41 Å². The molecule has 10 nitrogen and oxygen atoms in total. The number of rotatable bonds is 4. The molecule has 4 heterocycles. The zero-order valence-corrected chi connectivity index (χ0v) is 17.8. The molecule has 0 spiro atoms. The van der Waals surface area contributed by atoms with E-state index in [0.717, 1.165) is 37.6 Å². The quantitative estimate of drug-likeness (QED) is 0.506. The Morgan fingerprint density at radius 3 is 2.84 bits per heavy atom. The Kier molecular flexibility index (Phi) is 6.08. The van der Waals surface area contributed by atoms with Gasteiger partial charge in [0.15, 0.2) is 5.82 Å². The molecular weight excluding hydrogens is 394 g/mol. The molecule has 0 aliphatic carbocycles. The number of fused-ring (bicyclic) bond motifs is 1. The molecule has 0 unspecified atom stereocenters. The summed E-state index contributed by atoms with van der Waals surface area (Å²) in [4.78, 5) is 26.0. The summed E-state index contributed by atoms with van der Waals surface area (Å²) in [7, 11) is 1.92. The minimum absolute atomic E-state index is 0.209. The van der Waals surface area contributed by atoms with Crippen molar-refractivity contribution in [3.8, 4) is 0 Å².